The summed E-state index contributed by atoms with van der Waals surface area (Å²) in [6, 6.07) is 30.1. The Bertz CT molecular complexity index is 1530. The largest absolute Gasteiger partial charge is 0.493 e. The summed E-state index contributed by atoms with van der Waals surface area (Å²) >= 11 is 0. The predicted molar refractivity (Wildman–Crippen MR) is 154 cm³/mol. The van der Waals surface area contributed by atoms with E-state index >= 15 is 0 Å². The molecule has 0 aliphatic carbocycles. The van der Waals surface area contributed by atoms with Gasteiger partial charge in [0.25, 0.3) is 0 Å². The van der Waals surface area contributed by atoms with Gasteiger partial charge in [-0.3, -0.25) is 9.78 Å². The molecule has 5 aromatic rings. The van der Waals surface area contributed by atoms with Gasteiger partial charge in [0.15, 0.2) is 11.5 Å². The highest BCUT2D eigenvalue weighted by atomic mass is 16.5. The van der Waals surface area contributed by atoms with Gasteiger partial charge in [0.05, 0.1) is 7.11 Å². The van der Waals surface area contributed by atoms with Gasteiger partial charge < -0.3 is 19.4 Å². The number of nitrogens with zero attached hydrogens (tertiary/aromatic N) is 2. The molecule has 0 aliphatic rings. The van der Waals surface area contributed by atoms with Crippen LogP contribution in [-0.4, -0.2) is 29.1 Å². The number of hydrogen-bond acceptors (Lipinski definition) is 4. The van der Waals surface area contributed by atoms with Crippen LogP contribution in [0.1, 0.15) is 34.7 Å². The summed E-state index contributed by atoms with van der Waals surface area (Å²) in [4.78, 5) is 17.6. The summed E-state index contributed by atoms with van der Waals surface area (Å²) in [6.45, 7) is 0.982. The first-order valence-corrected chi connectivity index (χ1v) is 13.2. The fourth-order valence-corrected chi connectivity index (χ4v) is 4.95. The minimum atomic E-state index is -0.164. The first kappa shape index (κ1) is 26.0. The molecule has 6 nitrogen and oxygen atoms in total. The van der Waals surface area contributed by atoms with Crippen molar-refractivity contribution in [3.8, 4) is 11.5 Å². The molecule has 6 heteroatoms. The standard InChI is InChI=1S/C33H33N3O3/c1-36-22-29(27-13-6-7-14-30(27)36)28(21-33(37)35-19-17-26-12-8-9-18-34-26)25-15-16-31(32(20-25)38-2)39-23-24-10-4-3-5-11-24/h3-16,18,20,22,28H,17,19,21,23H2,1-2H3,(H,35,37)/t28-/m0/s1. The van der Waals surface area contributed by atoms with E-state index in [0.717, 1.165) is 33.3 Å². The number of nitrogens with one attached hydrogen (secondary N) is 1. The van der Waals surface area contributed by atoms with Crippen molar-refractivity contribution in [3.63, 3.8) is 0 Å². The van der Waals surface area contributed by atoms with E-state index in [2.05, 4.69) is 33.2 Å². The van der Waals surface area contributed by atoms with Crippen molar-refractivity contribution < 1.29 is 14.3 Å². The average Bonchev–Trinajstić information content (AvgIpc) is 3.32. The molecule has 0 saturated carbocycles. The molecule has 1 atom stereocenters. The van der Waals surface area contributed by atoms with Gasteiger partial charge in [-0.2, -0.15) is 0 Å². The first-order valence-electron chi connectivity index (χ1n) is 13.2. The number of carbonyl (C=O) groups excluding carboxylic acids is 1. The zero-order valence-corrected chi connectivity index (χ0v) is 22.3. The number of methoxy groups -OCH3 is 1. The van der Waals surface area contributed by atoms with Crippen LogP contribution in [0.15, 0.2) is 103 Å². The third-order valence-electron chi connectivity index (χ3n) is 6.95. The molecule has 3 aromatic carbocycles. The van der Waals surface area contributed by atoms with Crippen LogP contribution in [0.25, 0.3) is 10.9 Å². The Labute approximate surface area is 229 Å². The average molecular weight is 520 g/mol. The molecule has 0 unspecified atom stereocenters. The third-order valence-corrected chi connectivity index (χ3v) is 6.95. The quantitative estimate of drug-likeness (QED) is 0.231. The molecule has 0 radical (unpaired) electrons. The highest BCUT2D eigenvalue weighted by molar-refractivity contribution is 5.86. The maximum absolute atomic E-state index is 13.2. The number of aromatic nitrogens is 2. The van der Waals surface area contributed by atoms with E-state index in [1.54, 1.807) is 13.3 Å². The van der Waals surface area contributed by atoms with Gasteiger partial charge in [-0.15, -0.1) is 0 Å². The summed E-state index contributed by atoms with van der Waals surface area (Å²) in [5, 5.41) is 4.23. The third kappa shape index (κ3) is 6.29. The summed E-state index contributed by atoms with van der Waals surface area (Å²) in [6.07, 6.45) is 4.90. The number of para-hydroxylation sites is 1. The summed E-state index contributed by atoms with van der Waals surface area (Å²) < 4.78 is 13.9. The number of benzene rings is 3. The molecule has 39 heavy (non-hydrogen) atoms. The Hall–Kier alpha value is -4.58. The second-order valence-corrected chi connectivity index (χ2v) is 9.57. The van der Waals surface area contributed by atoms with Crippen LogP contribution < -0.4 is 14.8 Å². The van der Waals surface area contributed by atoms with E-state index in [1.165, 1.54) is 0 Å². The van der Waals surface area contributed by atoms with Crippen LogP contribution >= 0.6 is 0 Å². The number of pyridine rings is 1. The Balaban J connectivity index is 1.40. The lowest BCUT2D eigenvalue weighted by atomic mass is 9.87. The fourth-order valence-electron chi connectivity index (χ4n) is 4.95. The van der Waals surface area contributed by atoms with Crippen molar-refractivity contribution in [2.24, 2.45) is 7.05 Å². The van der Waals surface area contributed by atoms with Crippen LogP contribution in [-0.2, 0) is 24.9 Å². The minimum Gasteiger partial charge on any atom is -0.493 e. The molecule has 0 fully saturated rings. The highest BCUT2D eigenvalue weighted by Gasteiger charge is 2.23. The van der Waals surface area contributed by atoms with Gasteiger partial charge in [-0.05, 0) is 47.0 Å². The number of fused-ring (bicyclic) bond motifs is 1. The summed E-state index contributed by atoms with van der Waals surface area (Å²) in [7, 11) is 3.68. The molecule has 0 spiro atoms. The second-order valence-electron chi connectivity index (χ2n) is 9.57. The Kier molecular flexibility index (Phi) is 8.22. The lowest BCUT2D eigenvalue weighted by Gasteiger charge is -2.19. The van der Waals surface area contributed by atoms with E-state index in [1.807, 2.05) is 85.9 Å². The molecule has 0 aliphatic heterocycles. The summed E-state index contributed by atoms with van der Waals surface area (Å²) in [5.41, 5.74) is 5.27. The number of amides is 1. The minimum absolute atomic E-state index is 0.00719. The van der Waals surface area contributed by atoms with Crippen molar-refractivity contribution in [1.82, 2.24) is 14.9 Å². The molecular weight excluding hydrogens is 486 g/mol. The van der Waals surface area contributed by atoms with Crippen molar-refractivity contribution in [2.45, 2.75) is 25.4 Å². The number of ether oxygens (including phenoxy) is 2. The molecule has 1 N–H and O–H groups in total. The topological polar surface area (TPSA) is 65.4 Å². The monoisotopic (exact) mass is 519 g/mol. The van der Waals surface area contributed by atoms with E-state index in [9.17, 15) is 4.79 Å². The zero-order valence-electron chi connectivity index (χ0n) is 22.3. The molecule has 0 saturated heterocycles. The fraction of sp³-hybridized carbons (Fsp3) is 0.212. The molecule has 1 amide bonds. The zero-order chi connectivity index (χ0) is 27.0. The van der Waals surface area contributed by atoms with Crippen LogP contribution in [0.4, 0.5) is 0 Å². The van der Waals surface area contributed by atoms with E-state index in [4.69, 9.17) is 9.47 Å². The SMILES string of the molecule is COc1cc([C@H](CC(=O)NCCc2ccccn2)c2cn(C)c3ccccc23)ccc1OCc1ccccc1. The number of aryl methyl sites for hydroxylation is 1. The molecular formula is C33H33N3O3. The molecule has 5 rings (SSSR count). The smallest absolute Gasteiger partial charge is 0.220 e. The van der Waals surface area contributed by atoms with Crippen molar-refractivity contribution >= 4 is 16.8 Å². The van der Waals surface area contributed by atoms with Gasteiger partial charge in [0.1, 0.15) is 6.61 Å². The maximum Gasteiger partial charge on any atom is 0.220 e. The lowest BCUT2D eigenvalue weighted by molar-refractivity contribution is -0.121. The normalized spacial score (nSPS) is 11.7. The van der Waals surface area contributed by atoms with Crippen LogP contribution in [0.5, 0.6) is 11.5 Å². The molecule has 198 valence electrons. The number of hydrogen-bond donors (Lipinski definition) is 1. The lowest BCUT2D eigenvalue weighted by Crippen LogP contribution is -2.27. The molecule has 2 heterocycles. The van der Waals surface area contributed by atoms with E-state index in [0.29, 0.717) is 37.5 Å². The molecule has 2 aromatic heterocycles. The highest BCUT2D eigenvalue weighted by Crippen LogP contribution is 2.38. The molecule has 0 bridgehead atoms. The van der Waals surface area contributed by atoms with Gasteiger partial charge in [-0.1, -0.05) is 60.7 Å². The van der Waals surface area contributed by atoms with Crippen molar-refractivity contribution in [2.75, 3.05) is 13.7 Å². The first-order chi connectivity index (χ1) is 19.1. The summed E-state index contributed by atoms with van der Waals surface area (Å²) in [5.74, 6) is 1.14. The Morgan fingerprint density at radius 1 is 0.949 bits per heavy atom. The Morgan fingerprint density at radius 3 is 2.54 bits per heavy atom. The van der Waals surface area contributed by atoms with Crippen molar-refractivity contribution in [1.29, 1.82) is 0 Å². The van der Waals surface area contributed by atoms with Gasteiger partial charge >= 0.3 is 0 Å². The number of carbonyl (C=O) groups is 1. The van der Waals surface area contributed by atoms with Crippen LogP contribution in [0.3, 0.4) is 0 Å². The van der Waals surface area contributed by atoms with Gasteiger partial charge in [0.2, 0.25) is 5.91 Å². The van der Waals surface area contributed by atoms with Crippen molar-refractivity contribution in [3.05, 3.63) is 126 Å². The van der Waals surface area contributed by atoms with E-state index in [-0.39, 0.29) is 11.8 Å². The van der Waals surface area contributed by atoms with Gasteiger partial charge in [0, 0.05) is 61.3 Å². The Morgan fingerprint density at radius 2 is 1.74 bits per heavy atom. The van der Waals surface area contributed by atoms with Crippen LogP contribution in [0, 0.1) is 0 Å². The predicted octanol–water partition coefficient (Wildman–Crippen LogP) is 6.04. The maximum atomic E-state index is 13.2. The van der Waals surface area contributed by atoms with E-state index < -0.39 is 0 Å². The number of rotatable bonds is 11. The van der Waals surface area contributed by atoms with Crippen LogP contribution in [0.2, 0.25) is 0 Å². The second kappa shape index (κ2) is 12.3. The van der Waals surface area contributed by atoms with Gasteiger partial charge in [-0.25, -0.2) is 0 Å².